The minimum atomic E-state index is 0.188. The Balaban J connectivity index is 1.51. The molecule has 0 aromatic carbocycles. The number of carbonyl (C=O) groups is 1. The molecule has 0 N–H and O–H groups in total. The van der Waals surface area contributed by atoms with Crippen molar-refractivity contribution in [1.82, 2.24) is 24.6 Å². The van der Waals surface area contributed by atoms with Gasteiger partial charge in [-0.3, -0.25) is 4.79 Å². The van der Waals surface area contributed by atoms with Crippen LogP contribution in [0, 0.1) is 0 Å². The molecule has 1 atom stereocenters. The fourth-order valence-electron chi connectivity index (χ4n) is 3.05. The second kappa shape index (κ2) is 7.59. The van der Waals surface area contributed by atoms with E-state index in [4.69, 9.17) is 4.52 Å². The Bertz CT molecular complexity index is 650. The molecule has 1 aliphatic rings. The van der Waals surface area contributed by atoms with Gasteiger partial charge in [0, 0.05) is 50.3 Å². The zero-order valence-corrected chi connectivity index (χ0v) is 14.4. The first-order chi connectivity index (χ1) is 11.6. The summed E-state index contributed by atoms with van der Waals surface area (Å²) < 4.78 is 7.31. The van der Waals surface area contributed by atoms with E-state index in [0.29, 0.717) is 18.9 Å². The number of imidazole rings is 1. The van der Waals surface area contributed by atoms with Gasteiger partial charge in [-0.25, -0.2) is 4.98 Å². The molecule has 2 aromatic heterocycles. The van der Waals surface area contributed by atoms with Crippen molar-refractivity contribution in [1.29, 1.82) is 0 Å². The average molecular weight is 331 g/mol. The van der Waals surface area contributed by atoms with Crippen LogP contribution in [0.1, 0.15) is 63.1 Å². The van der Waals surface area contributed by atoms with Crippen molar-refractivity contribution >= 4 is 5.91 Å². The zero-order chi connectivity index (χ0) is 16.9. The molecule has 3 heterocycles. The van der Waals surface area contributed by atoms with Gasteiger partial charge in [0.2, 0.25) is 11.8 Å². The first-order valence-electron chi connectivity index (χ1n) is 8.70. The lowest BCUT2D eigenvalue weighted by molar-refractivity contribution is -0.132. The van der Waals surface area contributed by atoms with Crippen LogP contribution >= 0.6 is 0 Å². The molecule has 3 rings (SSSR count). The summed E-state index contributed by atoms with van der Waals surface area (Å²) >= 11 is 0. The van der Waals surface area contributed by atoms with E-state index in [0.717, 1.165) is 38.2 Å². The topological polar surface area (TPSA) is 77.1 Å². The monoisotopic (exact) mass is 331 g/mol. The van der Waals surface area contributed by atoms with Gasteiger partial charge in [0.1, 0.15) is 0 Å². The third-order valence-electron chi connectivity index (χ3n) is 4.46. The number of amides is 1. The minimum Gasteiger partial charge on any atom is -0.342 e. The Morgan fingerprint density at radius 3 is 3.04 bits per heavy atom. The van der Waals surface area contributed by atoms with Crippen molar-refractivity contribution in [2.75, 3.05) is 13.1 Å². The zero-order valence-electron chi connectivity index (χ0n) is 14.4. The van der Waals surface area contributed by atoms with Crippen molar-refractivity contribution in [2.45, 2.75) is 57.9 Å². The third-order valence-corrected chi connectivity index (χ3v) is 4.46. The van der Waals surface area contributed by atoms with Crippen LogP contribution in [-0.4, -0.2) is 43.6 Å². The SMILES string of the molecule is CC(C)c1nc(C2CCCN(C(=O)CCCn3ccnc3)C2)no1. The second-order valence-electron chi connectivity index (χ2n) is 6.73. The van der Waals surface area contributed by atoms with Crippen LogP contribution in [0.2, 0.25) is 0 Å². The highest BCUT2D eigenvalue weighted by Gasteiger charge is 2.28. The van der Waals surface area contributed by atoms with Crippen LogP contribution in [0.4, 0.5) is 0 Å². The summed E-state index contributed by atoms with van der Waals surface area (Å²) in [5, 5.41) is 4.12. The first-order valence-corrected chi connectivity index (χ1v) is 8.70. The van der Waals surface area contributed by atoms with Gasteiger partial charge in [0.05, 0.1) is 6.33 Å². The Morgan fingerprint density at radius 2 is 2.33 bits per heavy atom. The standard InChI is InChI=1S/C17H25N5O2/c1-13(2)17-19-16(20-24-17)14-5-3-9-22(11-14)15(23)6-4-8-21-10-7-18-12-21/h7,10,12-14H,3-6,8-9,11H2,1-2H3. The van der Waals surface area contributed by atoms with E-state index in [2.05, 4.69) is 15.1 Å². The van der Waals surface area contributed by atoms with Crippen LogP contribution in [-0.2, 0) is 11.3 Å². The summed E-state index contributed by atoms with van der Waals surface area (Å²) in [5.41, 5.74) is 0. The number of piperidine rings is 1. The highest BCUT2D eigenvalue weighted by Crippen LogP contribution is 2.26. The molecular weight excluding hydrogens is 306 g/mol. The number of hydrogen-bond acceptors (Lipinski definition) is 5. The predicted octanol–water partition coefficient (Wildman–Crippen LogP) is 2.58. The normalized spacial score (nSPS) is 18.3. The molecule has 0 spiro atoms. The fourth-order valence-corrected chi connectivity index (χ4v) is 3.05. The predicted molar refractivity (Wildman–Crippen MR) is 88.4 cm³/mol. The molecule has 1 amide bonds. The highest BCUT2D eigenvalue weighted by molar-refractivity contribution is 5.76. The van der Waals surface area contributed by atoms with Crippen LogP contribution in [0.15, 0.2) is 23.2 Å². The van der Waals surface area contributed by atoms with Crippen molar-refractivity contribution in [3.63, 3.8) is 0 Å². The number of aryl methyl sites for hydroxylation is 1. The van der Waals surface area contributed by atoms with E-state index in [1.165, 1.54) is 0 Å². The lowest BCUT2D eigenvalue weighted by atomic mass is 9.97. The lowest BCUT2D eigenvalue weighted by Gasteiger charge is -2.31. The van der Waals surface area contributed by atoms with E-state index in [-0.39, 0.29) is 17.7 Å². The van der Waals surface area contributed by atoms with Crippen molar-refractivity contribution < 1.29 is 9.32 Å². The van der Waals surface area contributed by atoms with Gasteiger partial charge in [0.25, 0.3) is 0 Å². The molecule has 130 valence electrons. The largest absolute Gasteiger partial charge is 0.342 e. The summed E-state index contributed by atoms with van der Waals surface area (Å²) in [6.07, 6.45) is 8.85. The Kier molecular flexibility index (Phi) is 5.27. The number of aromatic nitrogens is 4. The quantitative estimate of drug-likeness (QED) is 0.813. The number of hydrogen-bond donors (Lipinski definition) is 0. The Labute approximate surface area is 142 Å². The molecule has 0 saturated carbocycles. The molecule has 0 bridgehead atoms. The molecule has 0 aliphatic carbocycles. The van der Waals surface area contributed by atoms with Crippen molar-refractivity contribution in [2.24, 2.45) is 0 Å². The second-order valence-corrected chi connectivity index (χ2v) is 6.73. The van der Waals surface area contributed by atoms with Crippen LogP contribution in [0.5, 0.6) is 0 Å². The van der Waals surface area contributed by atoms with E-state index in [1.54, 1.807) is 12.5 Å². The number of likely N-dealkylation sites (tertiary alicyclic amines) is 1. The molecule has 7 heteroatoms. The maximum absolute atomic E-state index is 12.5. The summed E-state index contributed by atoms with van der Waals surface area (Å²) in [7, 11) is 0. The van der Waals surface area contributed by atoms with Gasteiger partial charge in [0.15, 0.2) is 5.82 Å². The molecule has 24 heavy (non-hydrogen) atoms. The van der Waals surface area contributed by atoms with Crippen molar-refractivity contribution in [3.05, 3.63) is 30.4 Å². The molecule has 7 nitrogen and oxygen atoms in total. The Morgan fingerprint density at radius 1 is 1.46 bits per heavy atom. The third kappa shape index (κ3) is 4.01. The Hall–Kier alpha value is -2.18. The number of rotatable bonds is 6. The maximum atomic E-state index is 12.5. The summed E-state index contributed by atoms with van der Waals surface area (Å²) in [6.45, 7) is 6.42. The average Bonchev–Trinajstić information content (AvgIpc) is 3.26. The maximum Gasteiger partial charge on any atom is 0.229 e. The lowest BCUT2D eigenvalue weighted by Crippen LogP contribution is -2.39. The molecule has 0 radical (unpaired) electrons. The summed E-state index contributed by atoms with van der Waals surface area (Å²) in [5.74, 6) is 2.05. The van der Waals surface area contributed by atoms with Gasteiger partial charge in [-0.15, -0.1) is 0 Å². The molecule has 1 unspecified atom stereocenters. The van der Waals surface area contributed by atoms with Gasteiger partial charge < -0.3 is 14.0 Å². The summed E-state index contributed by atoms with van der Waals surface area (Å²) in [6, 6.07) is 0. The van der Waals surface area contributed by atoms with Crippen LogP contribution in [0.25, 0.3) is 0 Å². The molecular formula is C17H25N5O2. The molecule has 1 fully saturated rings. The number of carbonyl (C=O) groups excluding carboxylic acids is 1. The molecule has 1 saturated heterocycles. The number of nitrogens with zero attached hydrogens (tertiary/aromatic N) is 5. The fraction of sp³-hybridized carbons (Fsp3) is 0.647. The molecule has 1 aliphatic heterocycles. The van der Waals surface area contributed by atoms with Crippen LogP contribution < -0.4 is 0 Å². The minimum absolute atomic E-state index is 0.188. The smallest absolute Gasteiger partial charge is 0.229 e. The highest BCUT2D eigenvalue weighted by atomic mass is 16.5. The van der Waals surface area contributed by atoms with E-state index >= 15 is 0 Å². The van der Waals surface area contributed by atoms with Gasteiger partial charge in [-0.1, -0.05) is 19.0 Å². The molecule has 2 aromatic rings. The van der Waals surface area contributed by atoms with E-state index in [9.17, 15) is 4.79 Å². The van der Waals surface area contributed by atoms with Gasteiger partial charge in [-0.2, -0.15) is 4.98 Å². The van der Waals surface area contributed by atoms with E-state index < -0.39 is 0 Å². The van der Waals surface area contributed by atoms with Crippen LogP contribution in [0.3, 0.4) is 0 Å². The van der Waals surface area contributed by atoms with E-state index in [1.807, 2.05) is 29.5 Å². The van der Waals surface area contributed by atoms with Gasteiger partial charge >= 0.3 is 0 Å². The van der Waals surface area contributed by atoms with Gasteiger partial charge in [-0.05, 0) is 19.3 Å². The summed E-state index contributed by atoms with van der Waals surface area (Å²) in [4.78, 5) is 22.9. The van der Waals surface area contributed by atoms with Crippen molar-refractivity contribution in [3.8, 4) is 0 Å². The first kappa shape index (κ1) is 16.7.